The van der Waals surface area contributed by atoms with Crippen LogP contribution in [0.5, 0.6) is 5.75 Å². The molecule has 8 heteroatoms. The second-order valence-electron chi connectivity index (χ2n) is 11.3. The molecule has 0 unspecified atom stereocenters. The number of halogens is 1. The zero-order chi connectivity index (χ0) is 26.6. The lowest BCUT2D eigenvalue weighted by Crippen LogP contribution is -2.54. The summed E-state index contributed by atoms with van der Waals surface area (Å²) in [6.07, 6.45) is 6.45. The van der Waals surface area contributed by atoms with Crippen molar-refractivity contribution < 1.29 is 4.74 Å². The molecule has 2 N–H and O–H groups in total. The minimum Gasteiger partial charge on any atom is -0.490 e. The minimum absolute atomic E-state index is 0.216. The first-order valence-corrected chi connectivity index (χ1v) is 14.7. The Kier molecular flexibility index (Phi) is 8.18. The van der Waals surface area contributed by atoms with Gasteiger partial charge in [0, 0.05) is 85.8 Å². The number of nitrogens with one attached hydrogen (secondary N) is 2. The molecule has 1 saturated carbocycles. The molecule has 206 valence electrons. The highest BCUT2D eigenvalue weighted by Gasteiger charge is 2.29. The maximum atomic E-state index is 6.37. The Morgan fingerprint density at radius 3 is 2.51 bits per heavy atom. The van der Waals surface area contributed by atoms with E-state index in [4.69, 9.17) is 21.3 Å². The molecule has 0 radical (unpaired) electrons. The van der Waals surface area contributed by atoms with Crippen LogP contribution in [0.2, 0.25) is 5.02 Å². The Morgan fingerprint density at radius 2 is 1.79 bits per heavy atom. The molecule has 1 aromatic heterocycles. The van der Waals surface area contributed by atoms with E-state index in [0.29, 0.717) is 17.5 Å². The fourth-order valence-corrected chi connectivity index (χ4v) is 6.44. The normalized spacial score (nSPS) is 22.4. The van der Waals surface area contributed by atoms with Crippen molar-refractivity contribution >= 4 is 24.0 Å². The number of piperazine rings is 1. The molecule has 3 fully saturated rings. The van der Waals surface area contributed by atoms with Crippen molar-refractivity contribution in [2.75, 3.05) is 50.7 Å². The first kappa shape index (κ1) is 26.4. The monoisotopic (exact) mass is 546 g/mol. The fourth-order valence-electron chi connectivity index (χ4n) is 6.21. The summed E-state index contributed by atoms with van der Waals surface area (Å²) < 4.78 is 6.25. The van der Waals surface area contributed by atoms with Gasteiger partial charge < -0.3 is 24.8 Å². The van der Waals surface area contributed by atoms with Crippen molar-refractivity contribution in [1.29, 1.82) is 0 Å². The lowest BCUT2D eigenvalue weighted by Gasteiger charge is -2.44. The average Bonchev–Trinajstić information content (AvgIpc) is 3.44. The largest absolute Gasteiger partial charge is 0.490 e. The summed E-state index contributed by atoms with van der Waals surface area (Å²) in [6, 6.07) is 14.8. The summed E-state index contributed by atoms with van der Waals surface area (Å²) in [6.45, 7) is 12.2. The summed E-state index contributed by atoms with van der Waals surface area (Å²) in [5.41, 5.74) is 4.67. The van der Waals surface area contributed by atoms with Crippen LogP contribution < -0.4 is 15.0 Å². The number of aliphatic imine (C=N–C) groups is 1. The lowest BCUT2D eigenvalue weighted by molar-refractivity contribution is 0.146. The molecule has 2 saturated heterocycles. The molecule has 1 aliphatic carbocycles. The van der Waals surface area contributed by atoms with Crippen molar-refractivity contribution in [3.05, 3.63) is 64.9 Å². The van der Waals surface area contributed by atoms with Gasteiger partial charge in [-0.05, 0) is 74.4 Å². The summed E-state index contributed by atoms with van der Waals surface area (Å²) in [5.74, 6) is 3.06. The highest BCUT2D eigenvalue weighted by molar-refractivity contribution is 6.31. The van der Waals surface area contributed by atoms with Gasteiger partial charge in [0.05, 0.1) is 12.6 Å². The maximum Gasteiger partial charge on any atom is 0.137 e. The predicted octanol–water partition coefficient (Wildman–Crippen LogP) is 5.38. The molecule has 0 bridgehead atoms. The molecule has 39 heavy (non-hydrogen) atoms. The number of ether oxygens (including phenoxy) is 1. The molecule has 3 heterocycles. The van der Waals surface area contributed by atoms with Gasteiger partial charge in [0.15, 0.2) is 0 Å². The molecule has 3 aliphatic rings. The number of benzene rings is 2. The van der Waals surface area contributed by atoms with Crippen LogP contribution in [-0.2, 0) is 6.54 Å². The quantitative estimate of drug-likeness (QED) is 0.353. The van der Waals surface area contributed by atoms with Gasteiger partial charge in [-0.1, -0.05) is 17.7 Å². The van der Waals surface area contributed by atoms with Crippen LogP contribution in [-0.4, -0.2) is 73.5 Å². The molecule has 3 aromatic rings. The van der Waals surface area contributed by atoms with Crippen molar-refractivity contribution in [3.8, 4) is 17.1 Å². The third-order valence-corrected chi connectivity index (χ3v) is 8.86. The van der Waals surface area contributed by atoms with Crippen LogP contribution in [0.15, 0.2) is 53.7 Å². The van der Waals surface area contributed by atoms with E-state index in [9.17, 15) is 0 Å². The van der Waals surface area contributed by atoms with Crippen LogP contribution in [0.4, 0.5) is 5.69 Å². The second kappa shape index (κ2) is 12.1. The third-order valence-electron chi connectivity index (χ3n) is 8.51. The number of anilines is 1. The van der Waals surface area contributed by atoms with E-state index in [-0.39, 0.29) is 6.10 Å². The topological polar surface area (TPSA) is 68.8 Å². The van der Waals surface area contributed by atoms with E-state index in [1.807, 2.05) is 24.4 Å². The molecular weight excluding hydrogens is 508 g/mol. The molecule has 2 aromatic carbocycles. The summed E-state index contributed by atoms with van der Waals surface area (Å²) >= 11 is 6.37. The Hall–Kier alpha value is -2.87. The van der Waals surface area contributed by atoms with Crippen molar-refractivity contribution in [2.45, 2.75) is 44.2 Å². The Labute approximate surface area is 236 Å². The highest BCUT2D eigenvalue weighted by atomic mass is 35.5. The Morgan fingerprint density at radius 1 is 1.03 bits per heavy atom. The molecule has 0 amide bonds. The van der Waals surface area contributed by atoms with Crippen LogP contribution in [0.1, 0.15) is 42.9 Å². The lowest BCUT2D eigenvalue weighted by atomic mass is 9.85. The first-order valence-electron chi connectivity index (χ1n) is 14.4. The SMILES string of the molecule is C=NCc1ccc(O[C@H]2CC[C@H](c3cnc(-c4ccc(N5CC(CN6CCNCC6)C5)cc4)[nH]3)CC2)cc1Cl. The fraction of sp³-hybridized carbons (Fsp3) is 0.484. The van der Waals surface area contributed by atoms with Gasteiger partial charge in [-0.3, -0.25) is 4.99 Å². The van der Waals surface area contributed by atoms with Gasteiger partial charge >= 0.3 is 0 Å². The van der Waals surface area contributed by atoms with Gasteiger partial charge in [0.1, 0.15) is 11.6 Å². The van der Waals surface area contributed by atoms with Crippen LogP contribution in [0.3, 0.4) is 0 Å². The molecular formula is C31H39ClN6O. The molecule has 0 atom stereocenters. The smallest absolute Gasteiger partial charge is 0.137 e. The van der Waals surface area contributed by atoms with Crippen LogP contribution in [0.25, 0.3) is 11.4 Å². The second-order valence-corrected chi connectivity index (χ2v) is 11.7. The van der Waals surface area contributed by atoms with E-state index in [0.717, 1.165) is 80.5 Å². The zero-order valence-corrected chi connectivity index (χ0v) is 23.4. The molecule has 6 rings (SSSR count). The maximum absolute atomic E-state index is 6.37. The van der Waals surface area contributed by atoms with E-state index < -0.39 is 0 Å². The predicted molar refractivity (Wildman–Crippen MR) is 159 cm³/mol. The van der Waals surface area contributed by atoms with Gasteiger partial charge in [-0.25, -0.2) is 4.98 Å². The number of aromatic nitrogens is 2. The number of H-pyrrole nitrogens is 1. The number of imidazole rings is 1. The van der Waals surface area contributed by atoms with Crippen molar-refractivity contribution in [2.24, 2.45) is 10.9 Å². The standard InChI is InChI=1S/C31H39ClN6O/c1-33-17-25-6-11-28(16-29(25)32)39-27-9-4-23(5-10-27)30-18-35-31(36-30)24-2-7-26(8-3-24)38-20-22(21-38)19-37-14-12-34-13-15-37/h2-3,6-8,11,16,18,22-23,27,34H,1,4-5,9-10,12-15,17,19-21H2,(H,35,36)/t23-,27-. The van der Waals surface area contributed by atoms with Gasteiger partial charge in [-0.2, -0.15) is 0 Å². The molecule has 2 aliphatic heterocycles. The first-order chi connectivity index (χ1) is 19.1. The number of rotatable bonds is 9. The number of nitrogens with zero attached hydrogens (tertiary/aromatic N) is 4. The Bertz CT molecular complexity index is 1240. The average molecular weight is 547 g/mol. The highest BCUT2D eigenvalue weighted by Crippen LogP contribution is 2.35. The van der Waals surface area contributed by atoms with Crippen molar-refractivity contribution in [3.63, 3.8) is 0 Å². The number of hydrogen-bond donors (Lipinski definition) is 2. The summed E-state index contributed by atoms with van der Waals surface area (Å²) in [5, 5.41) is 4.13. The zero-order valence-electron chi connectivity index (χ0n) is 22.6. The number of hydrogen-bond acceptors (Lipinski definition) is 6. The van der Waals surface area contributed by atoms with E-state index in [2.05, 4.69) is 56.1 Å². The minimum atomic E-state index is 0.216. The van der Waals surface area contributed by atoms with Crippen LogP contribution in [0, 0.1) is 5.92 Å². The van der Waals surface area contributed by atoms with E-state index >= 15 is 0 Å². The molecule has 0 spiro atoms. The number of aromatic amines is 1. The summed E-state index contributed by atoms with van der Waals surface area (Å²) in [4.78, 5) is 17.4. The van der Waals surface area contributed by atoms with Gasteiger partial charge in [-0.15, -0.1) is 0 Å². The summed E-state index contributed by atoms with van der Waals surface area (Å²) in [7, 11) is 0. The van der Waals surface area contributed by atoms with Gasteiger partial charge in [0.2, 0.25) is 0 Å². The Balaban J connectivity index is 0.978. The van der Waals surface area contributed by atoms with E-state index in [1.54, 1.807) is 0 Å². The molecule has 7 nitrogen and oxygen atoms in total. The van der Waals surface area contributed by atoms with Crippen LogP contribution >= 0.6 is 11.6 Å². The van der Waals surface area contributed by atoms with Crippen molar-refractivity contribution in [1.82, 2.24) is 20.2 Å². The van der Waals surface area contributed by atoms with Gasteiger partial charge in [0.25, 0.3) is 0 Å². The van der Waals surface area contributed by atoms with E-state index in [1.165, 1.54) is 31.0 Å². The third kappa shape index (κ3) is 6.32.